The number of anilines is 1. The molecule has 2 amide bonds. The monoisotopic (exact) mass is 223 g/mol. The van der Waals surface area contributed by atoms with Crippen LogP contribution >= 0.6 is 11.8 Å². The van der Waals surface area contributed by atoms with Crippen LogP contribution in [0.5, 0.6) is 5.75 Å². The minimum absolute atomic E-state index is 0.200. The van der Waals surface area contributed by atoms with Gasteiger partial charge in [0, 0.05) is 0 Å². The lowest BCUT2D eigenvalue weighted by Gasteiger charge is -2.15. The molecule has 1 heterocycles. The Hall–Kier alpha value is -1.49. The van der Waals surface area contributed by atoms with Crippen molar-refractivity contribution in [1.82, 2.24) is 0 Å². The molecule has 0 N–H and O–H groups in total. The summed E-state index contributed by atoms with van der Waals surface area (Å²) >= 11 is 1.01. The Morgan fingerprint density at radius 1 is 1.33 bits per heavy atom. The van der Waals surface area contributed by atoms with Crippen LogP contribution in [0.1, 0.15) is 0 Å². The number of methoxy groups -OCH3 is 1. The molecule has 1 aromatic carbocycles. The highest BCUT2D eigenvalue weighted by molar-refractivity contribution is 8.15. The van der Waals surface area contributed by atoms with Crippen LogP contribution in [0.2, 0.25) is 0 Å². The van der Waals surface area contributed by atoms with Gasteiger partial charge in [-0.05, 0) is 12.1 Å². The molecule has 5 heteroatoms. The van der Waals surface area contributed by atoms with Crippen molar-refractivity contribution in [1.29, 1.82) is 0 Å². The van der Waals surface area contributed by atoms with Crippen molar-refractivity contribution in [2.75, 3.05) is 17.8 Å². The molecule has 0 atom stereocenters. The number of hydrogen-bond acceptors (Lipinski definition) is 4. The van der Waals surface area contributed by atoms with Crippen molar-refractivity contribution >= 4 is 28.6 Å². The second-order valence-electron chi connectivity index (χ2n) is 2.96. The van der Waals surface area contributed by atoms with E-state index < -0.39 is 0 Å². The topological polar surface area (TPSA) is 46.6 Å². The molecule has 78 valence electrons. The maximum absolute atomic E-state index is 11.5. The van der Waals surface area contributed by atoms with Crippen molar-refractivity contribution in [2.45, 2.75) is 0 Å². The van der Waals surface area contributed by atoms with Gasteiger partial charge in [-0.15, -0.1) is 0 Å². The van der Waals surface area contributed by atoms with E-state index in [2.05, 4.69) is 0 Å². The number of rotatable bonds is 2. The summed E-state index contributed by atoms with van der Waals surface area (Å²) in [5, 5.41) is -0.246. The Labute approximate surface area is 91.2 Å². The number of carbonyl (C=O) groups excluding carboxylic acids is 2. The first-order valence-corrected chi connectivity index (χ1v) is 5.35. The van der Waals surface area contributed by atoms with Gasteiger partial charge in [0.25, 0.3) is 5.24 Å². The average Bonchev–Trinajstić information content (AvgIpc) is 2.59. The van der Waals surface area contributed by atoms with Gasteiger partial charge >= 0.3 is 0 Å². The van der Waals surface area contributed by atoms with Crippen molar-refractivity contribution < 1.29 is 14.3 Å². The Morgan fingerprint density at radius 3 is 2.67 bits per heavy atom. The van der Waals surface area contributed by atoms with Crippen molar-refractivity contribution in [3.63, 3.8) is 0 Å². The second-order valence-corrected chi connectivity index (χ2v) is 3.88. The van der Waals surface area contributed by atoms with Gasteiger partial charge in [0.1, 0.15) is 5.75 Å². The van der Waals surface area contributed by atoms with E-state index >= 15 is 0 Å². The quantitative estimate of drug-likeness (QED) is 0.768. The lowest BCUT2D eigenvalue weighted by atomic mass is 10.2. The van der Waals surface area contributed by atoms with Gasteiger partial charge in [0.2, 0.25) is 5.91 Å². The summed E-state index contributed by atoms with van der Waals surface area (Å²) in [4.78, 5) is 24.1. The predicted octanol–water partition coefficient (Wildman–Crippen LogP) is 1.90. The third kappa shape index (κ3) is 1.70. The van der Waals surface area contributed by atoms with Gasteiger partial charge in [-0.3, -0.25) is 9.59 Å². The molecule has 0 aromatic heterocycles. The summed E-state index contributed by atoms with van der Waals surface area (Å²) in [6.07, 6.45) is 0. The number of hydrogen-bond donors (Lipinski definition) is 0. The molecule has 0 spiro atoms. The number of carbonyl (C=O) groups is 2. The second kappa shape index (κ2) is 3.94. The molecular weight excluding hydrogens is 214 g/mol. The summed E-state index contributed by atoms with van der Waals surface area (Å²) in [5.74, 6) is 0.535. The first-order chi connectivity index (χ1) is 7.24. The maximum atomic E-state index is 11.5. The van der Waals surface area contributed by atoms with E-state index in [-0.39, 0.29) is 16.9 Å². The summed E-state index contributed by atoms with van der Waals surface area (Å²) in [5.41, 5.74) is 0.514. The molecule has 0 aliphatic carbocycles. The molecule has 1 saturated heterocycles. The zero-order valence-electron chi connectivity index (χ0n) is 8.10. The van der Waals surface area contributed by atoms with E-state index in [1.54, 1.807) is 24.3 Å². The van der Waals surface area contributed by atoms with Gasteiger partial charge in [-0.2, -0.15) is 0 Å². The third-order valence-corrected chi connectivity index (χ3v) is 2.90. The molecular formula is C10H9NO3S. The molecule has 4 nitrogen and oxygen atoms in total. The molecule has 2 rings (SSSR count). The average molecular weight is 223 g/mol. The van der Waals surface area contributed by atoms with Crippen LogP contribution in [0.25, 0.3) is 0 Å². The SMILES string of the molecule is COc1ccccc1N1C(=O)CSC1=O. The highest BCUT2D eigenvalue weighted by atomic mass is 32.2. The van der Waals surface area contributed by atoms with E-state index in [0.717, 1.165) is 16.7 Å². The van der Waals surface area contributed by atoms with Crippen molar-refractivity contribution in [3.05, 3.63) is 24.3 Å². The molecule has 0 bridgehead atoms. The van der Waals surface area contributed by atoms with E-state index in [9.17, 15) is 9.59 Å². The summed E-state index contributed by atoms with van der Waals surface area (Å²) < 4.78 is 5.10. The van der Waals surface area contributed by atoms with Crippen LogP contribution in [-0.4, -0.2) is 24.0 Å². The molecule has 1 fully saturated rings. The van der Waals surface area contributed by atoms with E-state index in [1.807, 2.05) is 0 Å². The third-order valence-electron chi connectivity index (χ3n) is 2.08. The Bertz CT molecular complexity index is 403. The van der Waals surface area contributed by atoms with E-state index in [1.165, 1.54) is 7.11 Å². The Morgan fingerprint density at radius 2 is 2.07 bits per heavy atom. The minimum atomic E-state index is -0.246. The number of para-hydroxylation sites is 2. The van der Waals surface area contributed by atoms with Crippen LogP contribution < -0.4 is 9.64 Å². The van der Waals surface area contributed by atoms with Crippen LogP contribution in [0.4, 0.5) is 10.5 Å². The molecule has 1 aliphatic rings. The number of nitrogens with zero attached hydrogens (tertiary/aromatic N) is 1. The fourth-order valence-corrected chi connectivity index (χ4v) is 2.11. The van der Waals surface area contributed by atoms with Gasteiger partial charge in [0.15, 0.2) is 0 Å². The van der Waals surface area contributed by atoms with Crippen LogP contribution in [-0.2, 0) is 4.79 Å². The summed E-state index contributed by atoms with van der Waals surface area (Å²) in [7, 11) is 1.51. The maximum Gasteiger partial charge on any atom is 0.293 e. The fraction of sp³-hybridized carbons (Fsp3) is 0.200. The Kier molecular flexibility index (Phi) is 2.64. The molecule has 0 radical (unpaired) electrons. The predicted molar refractivity (Wildman–Crippen MR) is 58.3 cm³/mol. The number of imide groups is 1. The fourth-order valence-electron chi connectivity index (χ4n) is 1.40. The highest BCUT2D eigenvalue weighted by Crippen LogP contribution is 2.33. The number of thioether (sulfide) groups is 1. The molecule has 0 unspecified atom stereocenters. The van der Waals surface area contributed by atoms with Gasteiger partial charge < -0.3 is 4.74 Å². The normalized spacial score (nSPS) is 15.9. The van der Waals surface area contributed by atoms with E-state index in [4.69, 9.17) is 4.74 Å². The van der Waals surface area contributed by atoms with E-state index in [0.29, 0.717) is 11.4 Å². The number of amides is 2. The van der Waals surface area contributed by atoms with Crippen molar-refractivity contribution in [3.8, 4) is 5.75 Å². The highest BCUT2D eigenvalue weighted by Gasteiger charge is 2.32. The first-order valence-electron chi connectivity index (χ1n) is 4.37. The molecule has 15 heavy (non-hydrogen) atoms. The smallest absolute Gasteiger partial charge is 0.293 e. The minimum Gasteiger partial charge on any atom is -0.495 e. The van der Waals surface area contributed by atoms with Crippen LogP contribution in [0.15, 0.2) is 24.3 Å². The molecule has 0 saturated carbocycles. The lowest BCUT2D eigenvalue weighted by molar-refractivity contribution is -0.115. The zero-order chi connectivity index (χ0) is 10.8. The van der Waals surface area contributed by atoms with Gasteiger partial charge in [0.05, 0.1) is 18.6 Å². The number of benzene rings is 1. The largest absolute Gasteiger partial charge is 0.495 e. The van der Waals surface area contributed by atoms with Gasteiger partial charge in [-0.1, -0.05) is 23.9 Å². The van der Waals surface area contributed by atoms with Crippen LogP contribution in [0, 0.1) is 0 Å². The Balaban J connectivity index is 2.44. The van der Waals surface area contributed by atoms with Crippen molar-refractivity contribution in [2.24, 2.45) is 0 Å². The summed E-state index contributed by atoms with van der Waals surface area (Å²) in [6, 6.07) is 6.97. The van der Waals surface area contributed by atoms with Gasteiger partial charge in [-0.25, -0.2) is 4.90 Å². The first kappa shape index (κ1) is 10.0. The number of ether oxygens (including phenoxy) is 1. The molecule has 1 aliphatic heterocycles. The standard InChI is InChI=1S/C10H9NO3S/c1-14-8-5-3-2-4-7(8)11-9(12)6-15-10(11)13/h2-5H,6H2,1H3. The summed E-state index contributed by atoms with van der Waals surface area (Å²) in [6.45, 7) is 0. The zero-order valence-corrected chi connectivity index (χ0v) is 8.91. The molecule has 1 aromatic rings. The van der Waals surface area contributed by atoms with Crippen LogP contribution in [0.3, 0.4) is 0 Å². The lowest BCUT2D eigenvalue weighted by Crippen LogP contribution is -2.28.